The van der Waals surface area contributed by atoms with Crippen LogP contribution in [0.1, 0.15) is 26.7 Å². The molecule has 1 heterocycles. The molecule has 1 aromatic rings. The third-order valence-electron chi connectivity index (χ3n) is 4.33. The molecule has 1 atom stereocenters. The van der Waals surface area contributed by atoms with Crippen LogP contribution >= 0.6 is 24.0 Å². The molecule has 0 amide bonds. The molecule has 1 aromatic carbocycles. The molecular formula is C20H32FIN4O. The van der Waals surface area contributed by atoms with Gasteiger partial charge in [-0.05, 0) is 38.8 Å². The van der Waals surface area contributed by atoms with Crippen LogP contribution in [0.5, 0.6) is 5.75 Å². The number of nitrogens with one attached hydrogen (secondary N) is 2. The van der Waals surface area contributed by atoms with Gasteiger partial charge in [-0.25, -0.2) is 9.38 Å². The van der Waals surface area contributed by atoms with Crippen molar-refractivity contribution in [2.45, 2.75) is 38.8 Å². The molecule has 0 bridgehead atoms. The number of nitrogens with zero attached hydrogens (tertiary/aromatic N) is 2. The first-order chi connectivity index (χ1) is 12.6. The van der Waals surface area contributed by atoms with Crippen LogP contribution in [0.25, 0.3) is 0 Å². The molecule has 1 aliphatic rings. The SMILES string of the molecule is C=CCN1CCC(NC(=NCC(C)Oc2ccccc2F)NCC)CC1.I. The second kappa shape index (κ2) is 12.9. The van der Waals surface area contributed by atoms with Crippen molar-refractivity contribution in [3.8, 4) is 5.75 Å². The number of halogens is 2. The zero-order chi connectivity index (χ0) is 18.8. The van der Waals surface area contributed by atoms with Crippen molar-refractivity contribution in [2.24, 2.45) is 4.99 Å². The molecule has 1 unspecified atom stereocenters. The molecule has 152 valence electrons. The molecule has 0 aromatic heterocycles. The molecule has 0 spiro atoms. The molecule has 1 saturated heterocycles. The highest BCUT2D eigenvalue weighted by Gasteiger charge is 2.19. The normalized spacial score (nSPS) is 16.9. The Morgan fingerprint density at radius 3 is 2.74 bits per heavy atom. The minimum atomic E-state index is -0.348. The van der Waals surface area contributed by atoms with E-state index in [9.17, 15) is 4.39 Å². The summed E-state index contributed by atoms with van der Waals surface area (Å²) in [5.74, 6) is 0.709. The van der Waals surface area contributed by atoms with E-state index >= 15 is 0 Å². The number of piperidine rings is 1. The molecule has 0 radical (unpaired) electrons. The minimum absolute atomic E-state index is 0. The van der Waals surface area contributed by atoms with E-state index in [1.165, 1.54) is 6.07 Å². The molecule has 0 aliphatic carbocycles. The summed E-state index contributed by atoms with van der Waals surface area (Å²) in [6.45, 7) is 12.1. The zero-order valence-electron chi connectivity index (χ0n) is 16.3. The Morgan fingerprint density at radius 1 is 1.41 bits per heavy atom. The summed E-state index contributed by atoms with van der Waals surface area (Å²) in [6, 6.07) is 6.86. The summed E-state index contributed by atoms with van der Waals surface area (Å²) in [4.78, 5) is 7.01. The van der Waals surface area contributed by atoms with Crippen molar-refractivity contribution in [3.05, 3.63) is 42.7 Å². The molecular weight excluding hydrogens is 458 g/mol. The Morgan fingerprint density at radius 2 is 2.11 bits per heavy atom. The summed E-state index contributed by atoms with van der Waals surface area (Å²) in [5.41, 5.74) is 0. The fraction of sp³-hybridized carbons (Fsp3) is 0.550. The van der Waals surface area contributed by atoms with Gasteiger partial charge in [-0.15, -0.1) is 30.6 Å². The van der Waals surface area contributed by atoms with Gasteiger partial charge in [0.25, 0.3) is 0 Å². The highest BCUT2D eigenvalue weighted by molar-refractivity contribution is 14.0. The Labute approximate surface area is 179 Å². The number of likely N-dealkylation sites (tertiary alicyclic amines) is 1. The first-order valence-electron chi connectivity index (χ1n) is 9.41. The van der Waals surface area contributed by atoms with Crippen LogP contribution in [0.15, 0.2) is 41.9 Å². The molecule has 0 saturated carbocycles. The predicted octanol–water partition coefficient (Wildman–Crippen LogP) is 3.42. The number of para-hydroxylation sites is 1. The Hall–Kier alpha value is -1.35. The van der Waals surface area contributed by atoms with Crippen LogP contribution in [0.2, 0.25) is 0 Å². The average Bonchev–Trinajstić information content (AvgIpc) is 2.64. The summed E-state index contributed by atoms with van der Waals surface area (Å²) < 4.78 is 19.3. The third kappa shape index (κ3) is 8.47. The predicted molar refractivity (Wildman–Crippen MR) is 121 cm³/mol. The van der Waals surface area contributed by atoms with E-state index in [4.69, 9.17) is 4.74 Å². The van der Waals surface area contributed by atoms with E-state index in [0.29, 0.717) is 12.6 Å². The third-order valence-corrected chi connectivity index (χ3v) is 4.33. The van der Waals surface area contributed by atoms with Gasteiger partial charge in [0.2, 0.25) is 0 Å². The van der Waals surface area contributed by atoms with Gasteiger partial charge < -0.3 is 15.4 Å². The van der Waals surface area contributed by atoms with Crippen LogP contribution in [-0.4, -0.2) is 55.7 Å². The number of ether oxygens (including phenoxy) is 1. The topological polar surface area (TPSA) is 48.9 Å². The van der Waals surface area contributed by atoms with Crippen LogP contribution in [0, 0.1) is 5.82 Å². The number of guanidine groups is 1. The van der Waals surface area contributed by atoms with Gasteiger partial charge in [0.1, 0.15) is 6.10 Å². The number of aliphatic imine (C=N–C) groups is 1. The van der Waals surface area contributed by atoms with Gasteiger partial charge >= 0.3 is 0 Å². The first kappa shape index (κ1) is 23.7. The van der Waals surface area contributed by atoms with Crippen molar-refractivity contribution >= 4 is 29.9 Å². The van der Waals surface area contributed by atoms with Gasteiger partial charge in [-0.2, -0.15) is 0 Å². The van der Waals surface area contributed by atoms with Gasteiger partial charge in [-0.3, -0.25) is 4.90 Å². The largest absolute Gasteiger partial charge is 0.486 e. The highest BCUT2D eigenvalue weighted by atomic mass is 127. The molecule has 2 N–H and O–H groups in total. The van der Waals surface area contributed by atoms with Crippen molar-refractivity contribution in [1.82, 2.24) is 15.5 Å². The van der Waals surface area contributed by atoms with Crippen LogP contribution in [0.3, 0.4) is 0 Å². The van der Waals surface area contributed by atoms with E-state index in [-0.39, 0.29) is 41.6 Å². The Balaban J connectivity index is 0.00000364. The van der Waals surface area contributed by atoms with Crippen LogP contribution < -0.4 is 15.4 Å². The van der Waals surface area contributed by atoms with Crippen molar-refractivity contribution in [2.75, 3.05) is 32.7 Å². The van der Waals surface area contributed by atoms with Crippen LogP contribution in [-0.2, 0) is 0 Å². The van der Waals surface area contributed by atoms with E-state index in [2.05, 4.69) is 27.1 Å². The zero-order valence-corrected chi connectivity index (χ0v) is 18.6. The molecule has 7 heteroatoms. The van der Waals surface area contributed by atoms with E-state index < -0.39 is 0 Å². The van der Waals surface area contributed by atoms with Gasteiger partial charge in [0, 0.05) is 32.2 Å². The standard InChI is InChI=1S/C20H31FN4O.HI/c1-4-12-25-13-10-17(11-14-25)24-20(22-5-2)23-15-16(3)26-19-9-7-6-8-18(19)21;/h4,6-9,16-17H,1,5,10-15H2,2-3H3,(H2,22,23,24);1H. The van der Waals surface area contributed by atoms with Crippen molar-refractivity contribution in [3.63, 3.8) is 0 Å². The van der Waals surface area contributed by atoms with Gasteiger partial charge in [0.05, 0.1) is 6.54 Å². The number of rotatable bonds is 8. The number of hydrogen-bond donors (Lipinski definition) is 2. The summed E-state index contributed by atoms with van der Waals surface area (Å²) >= 11 is 0. The van der Waals surface area contributed by atoms with E-state index in [1.54, 1.807) is 18.2 Å². The molecule has 27 heavy (non-hydrogen) atoms. The van der Waals surface area contributed by atoms with Gasteiger partial charge in [-0.1, -0.05) is 18.2 Å². The Bertz CT molecular complexity index is 591. The maximum atomic E-state index is 13.7. The maximum Gasteiger partial charge on any atom is 0.191 e. The Kier molecular flexibility index (Phi) is 11.3. The maximum absolute atomic E-state index is 13.7. The second-order valence-corrected chi connectivity index (χ2v) is 6.59. The minimum Gasteiger partial charge on any atom is -0.486 e. The summed E-state index contributed by atoms with van der Waals surface area (Å²) in [7, 11) is 0. The quantitative estimate of drug-likeness (QED) is 0.254. The lowest BCUT2D eigenvalue weighted by molar-refractivity contribution is 0.218. The van der Waals surface area contributed by atoms with E-state index in [0.717, 1.165) is 45.0 Å². The number of benzene rings is 1. The fourth-order valence-corrected chi connectivity index (χ4v) is 2.97. The van der Waals surface area contributed by atoms with Crippen molar-refractivity contribution < 1.29 is 9.13 Å². The fourth-order valence-electron chi connectivity index (χ4n) is 2.97. The lowest BCUT2D eigenvalue weighted by atomic mass is 10.1. The average molecular weight is 490 g/mol. The highest BCUT2D eigenvalue weighted by Crippen LogP contribution is 2.17. The molecule has 1 fully saturated rings. The molecule has 2 rings (SSSR count). The van der Waals surface area contributed by atoms with Gasteiger partial charge in [0.15, 0.2) is 17.5 Å². The van der Waals surface area contributed by atoms with Crippen molar-refractivity contribution in [1.29, 1.82) is 0 Å². The lowest BCUT2D eigenvalue weighted by Crippen LogP contribution is -2.48. The number of hydrogen-bond acceptors (Lipinski definition) is 3. The monoisotopic (exact) mass is 490 g/mol. The molecule has 5 nitrogen and oxygen atoms in total. The second-order valence-electron chi connectivity index (χ2n) is 6.59. The van der Waals surface area contributed by atoms with E-state index in [1.807, 2.05) is 19.9 Å². The molecule has 1 aliphatic heterocycles. The summed E-state index contributed by atoms with van der Waals surface area (Å²) in [5, 5.41) is 6.78. The summed E-state index contributed by atoms with van der Waals surface area (Å²) in [6.07, 6.45) is 3.91. The van der Waals surface area contributed by atoms with Crippen LogP contribution in [0.4, 0.5) is 4.39 Å². The first-order valence-corrected chi connectivity index (χ1v) is 9.41. The smallest absolute Gasteiger partial charge is 0.191 e. The lowest BCUT2D eigenvalue weighted by Gasteiger charge is -2.32.